The van der Waals surface area contributed by atoms with E-state index in [4.69, 9.17) is 5.21 Å². The lowest BCUT2D eigenvalue weighted by molar-refractivity contribution is 0.240. The quantitative estimate of drug-likeness (QED) is 0.464. The van der Waals surface area contributed by atoms with Crippen molar-refractivity contribution < 1.29 is 9.60 Å². The van der Waals surface area contributed by atoms with Gasteiger partial charge in [0, 0.05) is 12.3 Å². The van der Waals surface area contributed by atoms with Gasteiger partial charge in [-0.05, 0) is 15.9 Å². The number of hydrogen-bond acceptors (Lipinski definition) is 3. The Labute approximate surface area is 76.2 Å². The average Bonchev–Trinajstić information content (AvgIpc) is 2.07. The number of halogens is 2. The summed E-state index contributed by atoms with van der Waals surface area (Å²) in [7, 11) is 0. The Balaban J connectivity index is 2.89. The lowest BCUT2D eigenvalue weighted by Crippen LogP contribution is -2.01. The molecule has 0 unspecified atom stereocenters. The first kappa shape index (κ1) is 9.08. The number of aliphatic imine (C=N–C) groups is 1. The fourth-order valence-corrected chi connectivity index (χ4v) is 0.786. The largest absolute Gasteiger partial charge is 0.290 e. The normalized spacial score (nSPS) is 10.6. The van der Waals surface area contributed by atoms with E-state index in [0.717, 1.165) is 12.4 Å². The summed E-state index contributed by atoms with van der Waals surface area (Å²) in [5.41, 5.74) is 1.68. The molecule has 2 N–H and O–H groups in total. The van der Waals surface area contributed by atoms with Crippen LogP contribution in [0.15, 0.2) is 21.7 Å². The molecule has 0 spiro atoms. The topological polar surface area (TPSA) is 57.5 Å². The molecule has 0 aliphatic carbocycles. The maximum Gasteiger partial charge on any atom is 0.156 e. The smallest absolute Gasteiger partial charge is 0.156 e. The van der Waals surface area contributed by atoms with Crippen molar-refractivity contribution in [1.82, 2.24) is 10.5 Å². The Morgan fingerprint density at radius 3 is 3.08 bits per heavy atom. The highest BCUT2D eigenvalue weighted by Gasteiger charge is 1.99. The third-order valence-electron chi connectivity index (χ3n) is 1.05. The summed E-state index contributed by atoms with van der Waals surface area (Å²) in [4.78, 5) is 7.31. The van der Waals surface area contributed by atoms with Crippen molar-refractivity contribution in [2.45, 2.75) is 0 Å². The zero-order chi connectivity index (χ0) is 8.97. The van der Waals surface area contributed by atoms with Gasteiger partial charge in [0.15, 0.2) is 5.82 Å². The summed E-state index contributed by atoms with van der Waals surface area (Å²) in [5, 5.41) is 8.12. The van der Waals surface area contributed by atoms with Crippen molar-refractivity contribution in [1.29, 1.82) is 0 Å². The molecular weight excluding hydrogens is 229 g/mol. The predicted octanol–water partition coefficient (Wildman–Crippen LogP) is 1.62. The molecule has 0 aliphatic heterocycles. The third kappa shape index (κ3) is 2.24. The molecule has 1 heterocycles. The van der Waals surface area contributed by atoms with E-state index in [0.29, 0.717) is 0 Å². The van der Waals surface area contributed by atoms with E-state index in [1.54, 1.807) is 5.48 Å². The maximum atomic E-state index is 12.8. The molecular formula is C6H5BrFN3O. The lowest BCUT2D eigenvalue weighted by Gasteiger charge is -1.94. The number of hydroxylamine groups is 1. The molecule has 12 heavy (non-hydrogen) atoms. The highest BCUT2D eigenvalue weighted by atomic mass is 79.9. The predicted molar refractivity (Wildman–Crippen MR) is 45.0 cm³/mol. The summed E-state index contributed by atoms with van der Waals surface area (Å²) in [6.45, 7) is 0. The van der Waals surface area contributed by atoms with E-state index in [-0.39, 0.29) is 10.3 Å². The molecule has 6 heteroatoms. The van der Waals surface area contributed by atoms with Crippen molar-refractivity contribution in [3.8, 4) is 0 Å². The number of nitrogens with one attached hydrogen (secondary N) is 1. The van der Waals surface area contributed by atoms with Crippen molar-refractivity contribution in [2.24, 2.45) is 4.99 Å². The fraction of sp³-hybridized carbons (Fsp3) is 0. The minimum absolute atomic E-state index is 0.178. The molecule has 64 valence electrons. The van der Waals surface area contributed by atoms with Gasteiger partial charge in [-0.2, -0.15) is 0 Å². The summed E-state index contributed by atoms with van der Waals surface area (Å²) < 4.78 is 13.0. The van der Waals surface area contributed by atoms with Gasteiger partial charge in [-0.25, -0.2) is 14.4 Å². The first-order chi connectivity index (χ1) is 5.74. The van der Waals surface area contributed by atoms with Crippen LogP contribution in [0, 0.1) is 5.82 Å². The zero-order valence-corrected chi connectivity index (χ0v) is 7.42. The van der Waals surface area contributed by atoms with E-state index in [1.807, 2.05) is 0 Å². The van der Waals surface area contributed by atoms with Gasteiger partial charge < -0.3 is 0 Å². The molecule has 1 aromatic heterocycles. The Morgan fingerprint density at radius 1 is 1.75 bits per heavy atom. The average molecular weight is 234 g/mol. The number of pyridine rings is 1. The SMILES string of the molecule is ONC=Nc1cc(F)c(Br)cn1. The van der Waals surface area contributed by atoms with Gasteiger partial charge in [0.2, 0.25) is 0 Å². The number of rotatable bonds is 2. The first-order valence-electron chi connectivity index (χ1n) is 2.97. The number of aromatic nitrogens is 1. The second-order valence-corrected chi connectivity index (χ2v) is 2.70. The van der Waals surface area contributed by atoms with Gasteiger partial charge in [-0.3, -0.25) is 10.7 Å². The molecule has 4 nitrogen and oxygen atoms in total. The van der Waals surface area contributed by atoms with E-state index in [9.17, 15) is 4.39 Å². The van der Waals surface area contributed by atoms with Crippen LogP contribution in [0.3, 0.4) is 0 Å². The molecule has 0 aromatic carbocycles. The molecule has 1 aromatic rings. The van der Waals surface area contributed by atoms with E-state index in [1.165, 1.54) is 6.20 Å². The van der Waals surface area contributed by atoms with Crippen LogP contribution >= 0.6 is 15.9 Å². The molecule has 0 saturated heterocycles. The Kier molecular flexibility index (Phi) is 3.12. The number of hydrogen-bond donors (Lipinski definition) is 2. The molecule has 0 aliphatic rings. The zero-order valence-electron chi connectivity index (χ0n) is 5.83. The molecule has 1 rings (SSSR count). The van der Waals surface area contributed by atoms with Crippen LogP contribution in [-0.4, -0.2) is 16.5 Å². The van der Waals surface area contributed by atoms with E-state index < -0.39 is 5.82 Å². The second-order valence-electron chi connectivity index (χ2n) is 1.84. The minimum Gasteiger partial charge on any atom is -0.290 e. The van der Waals surface area contributed by atoms with Crippen LogP contribution in [0.1, 0.15) is 0 Å². The van der Waals surface area contributed by atoms with Crippen LogP contribution < -0.4 is 5.48 Å². The van der Waals surface area contributed by atoms with Crippen LogP contribution in [0.2, 0.25) is 0 Å². The van der Waals surface area contributed by atoms with Gasteiger partial charge in [0.1, 0.15) is 12.2 Å². The van der Waals surface area contributed by atoms with Crippen LogP contribution in [0.25, 0.3) is 0 Å². The van der Waals surface area contributed by atoms with Gasteiger partial charge >= 0.3 is 0 Å². The van der Waals surface area contributed by atoms with E-state index >= 15 is 0 Å². The van der Waals surface area contributed by atoms with Crippen molar-refractivity contribution in [2.75, 3.05) is 0 Å². The Bertz CT molecular complexity index is 305. The highest BCUT2D eigenvalue weighted by molar-refractivity contribution is 9.10. The summed E-state index contributed by atoms with van der Waals surface area (Å²) in [6.07, 6.45) is 2.29. The monoisotopic (exact) mass is 233 g/mol. The van der Waals surface area contributed by atoms with Crippen LogP contribution in [0.4, 0.5) is 10.2 Å². The molecule has 0 amide bonds. The van der Waals surface area contributed by atoms with Gasteiger partial charge in [0.25, 0.3) is 0 Å². The van der Waals surface area contributed by atoms with Gasteiger partial charge in [-0.15, -0.1) is 0 Å². The van der Waals surface area contributed by atoms with E-state index in [2.05, 4.69) is 25.9 Å². The molecule has 0 fully saturated rings. The Morgan fingerprint density at radius 2 is 2.50 bits per heavy atom. The van der Waals surface area contributed by atoms with Gasteiger partial charge in [-0.1, -0.05) is 0 Å². The molecule has 0 bridgehead atoms. The van der Waals surface area contributed by atoms with Crippen molar-refractivity contribution in [3.05, 3.63) is 22.6 Å². The first-order valence-corrected chi connectivity index (χ1v) is 3.76. The molecule has 0 saturated carbocycles. The van der Waals surface area contributed by atoms with Crippen LogP contribution in [0.5, 0.6) is 0 Å². The lowest BCUT2D eigenvalue weighted by atomic mass is 10.4. The summed E-state index contributed by atoms with van der Waals surface area (Å²) in [5.74, 6) is -0.271. The maximum absolute atomic E-state index is 12.8. The molecule has 0 radical (unpaired) electrons. The number of nitrogens with zero attached hydrogens (tertiary/aromatic N) is 2. The minimum atomic E-state index is -0.449. The molecule has 0 atom stereocenters. The summed E-state index contributed by atoms with van der Waals surface area (Å²) in [6, 6.07) is 1.14. The highest BCUT2D eigenvalue weighted by Crippen LogP contribution is 2.17. The van der Waals surface area contributed by atoms with Crippen LogP contribution in [-0.2, 0) is 0 Å². The Hall–Kier alpha value is -1.01. The standard InChI is InChI=1S/C6H5BrFN3O/c7-4-2-9-6(1-5(4)8)10-3-11-12/h1-3,12H,(H,9,10,11). The van der Waals surface area contributed by atoms with Crippen molar-refractivity contribution >= 4 is 28.1 Å². The van der Waals surface area contributed by atoms with Gasteiger partial charge in [0.05, 0.1) is 4.47 Å². The summed E-state index contributed by atoms with van der Waals surface area (Å²) >= 11 is 2.94. The second kappa shape index (κ2) is 4.13. The fourth-order valence-electron chi connectivity index (χ4n) is 0.570. The third-order valence-corrected chi connectivity index (χ3v) is 1.63. The van der Waals surface area contributed by atoms with Crippen molar-refractivity contribution in [3.63, 3.8) is 0 Å².